The molecule has 3 aromatic carbocycles. The van der Waals surface area contributed by atoms with Crippen LogP contribution in [0.3, 0.4) is 0 Å². The number of hydrogen-bond acceptors (Lipinski definition) is 4. The Morgan fingerprint density at radius 2 is 1.66 bits per heavy atom. The largest absolute Gasteiger partial charge is 0.508 e. The first-order valence-electron chi connectivity index (χ1n) is 9.55. The van der Waals surface area contributed by atoms with Gasteiger partial charge in [-0.1, -0.05) is 30.3 Å². The van der Waals surface area contributed by atoms with Gasteiger partial charge in [0.1, 0.15) is 5.75 Å². The Kier molecular flexibility index (Phi) is 5.22. The number of fused-ring (bicyclic) bond motifs is 1. The average Bonchev–Trinajstić information content (AvgIpc) is 2.76. The second kappa shape index (κ2) is 7.88. The molecule has 4 rings (SSSR count). The quantitative estimate of drug-likeness (QED) is 0.416. The molecule has 8 heteroatoms. The standard InChI is InChI=1S/C24H17F3N2O3/c1-14-9-10-17(30)12-21(14)28-13-20-18-7-2-3-8-19(18)22(31)29(23(20)32)16-6-4-5-15(11-16)24(25,26)27/h2-13,30,32H,1H3. The third-order valence-corrected chi connectivity index (χ3v) is 5.06. The Hall–Kier alpha value is -4.07. The van der Waals surface area contributed by atoms with E-state index in [-0.39, 0.29) is 22.4 Å². The summed E-state index contributed by atoms with van der Waals surface area (Å²) in [5, 5.41) is 21.3. The van der Waals surface area contributed by atoms with Gasteiger partial charge in [-0.2, -0.15) is 13.2 Å². The molecule has 162 valence electrons. The minimum atomic E-state index is -4.61. The highest BCUT2D eigenvalue weighted by Gasteiger charge is 2.31. The Balaban J connectivity index is 1.98. The molecule has 0 amide bonds. The van der Waals surface area contributed by atoms with E-state index in [1.165, 1.54) is 36.5 Å². The molecular formula is C24H17F3N2O3. The minimum absolute atomic E-state index is 0.00534. The van der Waals surface area contributed by atoms with Crippen molar-refractivity contribution >= 4 is 22.7 Å². The molecular weight excluding hydrogens is 421 g/mol. The average molecular weight is 438 g/mol. The number of rotatable bonds is 3. The van der Waals surface area contributed by atoms with E-state index in [4.69, 9.17) is 0 Å². The molecule has 0 aliphatic carbocycles. The SMILES string of the molecule is Cc1ccc(O)cc1N=Cc1c(O)n(-c2cccc(C(F)(F)F)c2)c(=O)c2ccccc12. The number of alkyl halides is 3. The maximum Gasteiger partial charge on any atom is 0.416 e. The molecule has 4 aromatic rings. The van der Waals surface area contributed by atoms with Gasteiger partial charge in [-0.05, 0) is 42.8 Å². The van der Waals surface area contributed by atoms with Gasteiger partial charge in [0.2, 0.25) is 5.88 Å². The topological polar surface area (TPSA) is 74.8 Å². The molecule has 0 unspecified atom stereocenters. The van der Waals surface area contributed by atoms with Crippen molar-refractivity contribution in [2.75, 3.05) is 0 Å². The van der Waals surface area contributed by atoms with Crippen LogP contribution in [0.2, 0.25) is 0 Å². The highest BCUT2D eigenvalue weighted by atomic mass is 19.4. The van der Waals surface area contributed by atoms with Crippen LogP contribution in [0.15, 0.2) is 76.5 Å². The number of aryl methyl sites for hydroxylation is 1. The van der Waals surface area contributed by atoms with Crippen molar-refractivity contribution in [3.63, 3.8) is 0 Å². The summed E-state index contributed by atoms with van der Waals surface area (Å²) in [6.07, 6.45) is -3.29. The molecule has 0 saturated heterocycles. The number of benzene rings is 3. The van der Waals surface area contributed by atoms with Gasteiger partial charge in [0.05, 0.1) is 22.5 Å². The Morgan fingerprint density at radius 1 is 0.938 bits per heavy atom. The fourth-order valence-corrected chi connectivity index (χ4v) is 3.42. The lowest BCUT2D eigenvalue weighted by molar-refractivity contribution is -0.137. The van der Waals surface area contributed by atoms with Gasteiger partial charge in [-0.3, -0.25) is 9.79 Å². The molecule has 0 radical (unpaired) electrons. The van der Waals surface area contributed by atoms with Crippen LogP contribution >= 0.6 is 0 Å². The van der Waals surface area contributed by atoms with Crippen LogP contribution in [0.25, 0.3) is 16.5 Å². The highest BCUT2D eigenvalue weighted by Crippen LogP contribution is 2.32. The van der Waals surface area contributed by atoms with Crippen molar-refractivity contribution in [1.82, 2.24) is 4.57 Å². The molecule has 0 aliphatic heterocycles. The zero-order chi connectivity index (χ0) is 23.0. The fourth-order valence-electron chi connectivity index (χ4n) is 3.42. The molecule has 32 heavy (non-hydrogen) atoms. The zero-order valence-corrected chi connectivity index (χ0v) is 16.8. The molecule has 0 atom stereocenters. The number of aromatic hydroxyl groups is 2. The number of nitrogens with zero attached hydrogens (tertiary/aromatic N) is 2. The molecule has 0 aliphatic rings. The third kappa shape index (κ3) is 3.82. The molecule has 2 N–H and O–H groups in total. The van der Waals surface area contributed by atoms with Crippen molar-refractivity contribution in [2.24, 2.45) is 4.99 Å². The molecule has 0 saturated carbocycles. The van der Waals surface area contributed by atoms with Crippen LogP contribution in [-0.4, -0.2) is 21.0 Å². The molecule has 0 bridgehead atoms. The van der Waals surface area contributed by atoms with Crippen LogP contribution in [0.1, 0.15) is 16.7 Å². The lowest BCUT2D eigenvalue weighted by Crippen LogP contribution is -2.20. The van der Waals surface area contributed by atoms with Crippen molar-refractivity contribution in [3.8, 4) is 17.3 Å². The van der Waals surface area contributed by atoms with Crippen LogP contribution in [0, 0.1) is 6.92 Å². The van der Waals surface area contributed by atoms with E-state index >= 15 is 0 Å². The number of halogens is 3. The number of phenolic OH excluding ortho intramolecular Hbond substituents is 1. The van der Waals surface area contributed by atoms with Gasteiger partial charge in [-0.15, -0.1) is 0 Å². The van der Waals surface area contributed by atoms with E-state index in [1.54, 1.807) is 31.2 Å². The van der Waals surface area contributed by atoms with E-state index in [9.17, 15) is 28.2 Å². The second-order valence-electron chi connectivity index (χ2n) is 7.20. The predicted molar refractivity (Wildman–Crippen MR) is 116 cm³/mol. The Bertz CT molecular complexity index is 1420. The van der Waals surface area contributed by atoms with Crippen molar-refractivity contribution in [2.45, 2.75) is 13.1 Å². The lowest BCUT2D eigenvalue weighted by atomic mass is 10.1. The van der Waals surface area contributed by atoms with E-state index in [1.807, 2.05) is 0 Å². The number of phenols is 1. The minimum Gasteiger partial charge on any atom is -0.508 e. The summed E-state index contributed by atoms with van der Waals surface area (Å²) >= 11 is 0. The van der Waals surface area contributed by atoms with Gasteiger partial charge in [0, 0.05) is 23.1 Å². The van der Waals surface area contributed by atoms with Gasteiger partial charge >= 0.3 is 6.18 Å². The summed E-state index contributed by atoms with van der Waals surface area (Å²) in [6, 6.07) is 15.2. The summed E-state index contributed by atoms with van der Waals surface area (Å²) < 4.78 is 40.4. The van der Waals surface area contributed by atoms with Gasteiger partial charge in [0.25, 0.3) is 5.56 Å². The van der Waals surface area contributed by atoms with Crippen LogP contribution in [-0.2, 0) is 6.18 Å². The van der Waals surface area contributed by atoms with E-state index in [0.29, 0.717) is 11.1 Å². The van der Waals surface area contributed by atoms with E-state index < -0.39 is 23.2 Å². The molecule has 0 spiro atoms. The number of pyridine rings is 1. The maximum atomic E-state index is 13.2. The number of aromatic nitrogens is 1. The fraction of sp³-hybridized carbons (Fsp3) is 0.0833. The van der Waals surface area contributed by atoms with Crippen molar-refractivity contribution in [1.29, 1.82) is 0 Å². The van der Waals surface area contributed by atoms with Crippen LogP contribution in [0.4, 0.5) is 18.9 Å². The predicted octanol–water partition coefficient (Wildman–Crippen LogP) is 5.48. The van der Waals surface area contributed by atoms with Gasteiger partial charge in [0.15, 0.2) is 0 Å². The first-order chi connectivity index (χ1) is 15.2. The maximum absolute atomic E-state index is 13.2. The van der Waals surface area contributed by atoms with Crippen LogP contribution in [0.5, 0.6) is 11.6 Å². The van der Waals surface area contributed by atoms with E-state index in [0.717, 1.165) is 22.3 Å². The molecule has 0 fully saturated rings. The number of aliphatic imine (C=N–C) groups is 1. The second-order valence-corrected chi connectivity index (χ2v) is 7.20. The van der Waals surface area contributed by atoms with E-state index in [2.05, 4.69) is 4.99 Å². The smallest absolute Gasteiger partial charge is 0.416 e. The molecule has 5 nitrogen and oxygen atoms in total. The Labute approximate surface area is 180 Å². The zero-order valence-electron chi connectivity index (χ0n) is 16.8. The van der Waals surface area contributed by atoms with Gasteiger partial charge < -0.3 is 10.2 Å². The first kappa shape index (κ1) is 21.2. The number of hydrogen-bond donors (Lipinski definition) is 2. The summed E-state index contributed by atoms with van der Waals surface area (Å²) in [7, 11) is 0. The van der Waals surface area contributed by atoms with Crippen molar-refractivity contribution in [3.05, 3.63) is 93.8 Å². The Morgan fingerprint density at radius 3 is 2.38 bits per heavy atom. The van der Waals surface area contributed by atoms with Gasteiger partial charge in [-0.25, -0.2) is 4.57 Å². The van der Waals surface area contributed by atoms with Crippen LogP contribution < -0.4 is 5.56 Å². The molecule has 1 aromatic heterocycles. The summed E-state index contributed by atoms with van der Waals surface area (Å²) in [4.78, 5) is 17.4. The highest BCUT2D eigenvalue weighted by molar-refractivity contribution is 6.02. The summed E-state index contributed by atoms with van der Waals surface area (Å²) in [5.41, 5.74) is -0.390. The first-order valence-corrected chi connectivity index (χ1v) is 9.55. The lowest BCUT2D eigenvalue weighted by Gasteiger charge is -2.15. The normalized spacial score (nSPS) is 12.0. The summed E-state index contributed by atoms with van der Waals surface area (Å²) in [5.74, 6) is -0.541. The van der Waals surface area contributed by atoms with Crippen molar-refractivity contribution < 1.29 is 23.4 Å². The molecule has 1 heterocycles. The summed E-state index contributed by atoms with van der Waals surface area (Å²) in [6.45, 7) is 1.79. The third-order valence-electron chi connectivity index (χ3n) is 5.06. The monoisotopic (exact) mass is 438 g/mol.